The van der Waals surface area contributed by atoms with Crippen molar-refractivity contribution in [3.8, 4) is 0 Å². The monoisotopic (exact) mass is 1360 g/mol. The molecule has 0 bridgehead atoms. The molecule has 5 rings (SSSR count). The number of nitrogens with one attached hydrogen (secondary N) is 2. The van der Waals surface area contributed by atoms with Crippen LogP contribution in [0.15, 0.2) is 118 Å². The Bertz CT molecular complexity index is 2600. The number of benzene rings is 5. The number of carbonyl (C=O) groups is 6. The van der Waals surface area contributed by atoms with Gasteiger partial charge in [0.1, 0.15) is 0 Å². The first-order chi connectivity index (χ1) is 35.6. The van der Waals surface area contributed by atoms with Crippen LogP contribution in [0.25, 0.3) is 0 Å². The lowest BCUT2D eigenvalue weighted by molar-refractivity contribution is -0.156. The first kappa shape index (κ1) is 61.9. The Morgan fingerprint density at radius 3 is 1.26 bits per heavy atom. The molecule has 12 nitrogen and oxygen atoms in total. The second-order valence-corrected chi connectivity index (χ2v) is 22.4. The van der Waals surface area contributed by atoms with E-state index in [1.165, 1.54) is 86.0 Å². The summed E-state index contributed by atoms with van der Waals surface area (Å²) in [4.78, 5) is 75.4. The lowest BCUT2D eigenvalue weighted by Gasteiger charge is -2.22. The highest BCUT2D eigenvalue weighted by Crippen LogP contribution is 2.24. The minimum absolute atomic E-state index is 0.0875. The molecule has 4 N–H and O–H groups in total. The van der Waals surface area contributed by atoms with Crippen molar-refractivity contribution in [3.63, 3.8) is 0 Å². The third-order valence-corrected chi connectivity index (χ3v) is 15.1. The van der Waals surface area contributed by atoms with E-state index in [4.69, 9.17) is 0 Å². The molecule has 0 radical (unpaired) electrons. The highest BCUT2D eigenvalue weighted by molar-refractivity contribution is 14.1. The molecule has 0 aliphatic rings. The van der Waals surface area contributed by atoms with Gasteiger partial charge in [0.15, 0.2) is 0 Å². The third-order valence-electron chi connectivity index (χ3n) is 12.2. The van der Waals surface area contributed by atoms with Crippen molar-refractivity contribution in [2.75, 3.05) is 6.54 Å². The van der Waals surface area contributed by atoms with Gasteiger partial charge in [-0.2, -0.15) is 0 Å². The first-order valence-electron chi connectivity index (χ1n) is 25.3. The van der Waals surface area contributed by atoms with Gasteiger partial charge < -0.3 is 30.6 Å². The van der Waals surface area contributed by atoms with Gasteiger partial charge >= 0.3 is 23.8 Å². The van der Waals surface area contributed by atoms with Crippen LogP contribution in [-0.4, -0.2) is 62.1 Å². The number of aliphatic carboxylic acids is 2. The summed E-state index contributed by atoms with van der Waals surface area (Å²) in [6, 6.07) is 33.7. The lowest BCUT2D eigenvalue weighted by Crippen LogP contribution is -2.35. The Kier molecular flexibility index (Phi) is 28.5. The largest absolute Gasteiger partial charge is 0.474 e. The summed E-state index contributed by atoms with van der Waals surface area (Å²) in [5.74, 6) is -5.30. The van der Waals surface area contributed by atoms with Crippen molar-refractivity contribution in [3.05, 3.63) is 170 Å². The van der Waals surface area contributed by atoms with Gasteiger partial charge in [-0.3, -0.25) is 19.2 Å². The van der Waals surface area contributed by atoms with Crippen molar-refractivity contribution in [2.24, 2.45) is 0 Å². The number of rotatable bonds is 27. The molecule has 0 fully saturated rings. The average Bonchev–Trinajstić information content (AvgIpc) is 3.39. The summed E-state index contributed by atoms with van der Waals surface area (Å²) in [6.07, 6.45) is 17.2. The molecule has 16 heteroatoms. The topological polar surface area (TPSA) is 173 Å². The van der Waals surface area contributed by atoms with Crippen LogP contribution < -0.4 is 10.6 Å². The Morgan fingerprint density at radius 2 is 0.838 bits per heavy atom. The predicted octanol–water partition coefficient (Wildman–Crippen LogP) is 13.6. The van der Waals surface area contributed by atoms with E-state index < -0.39 is 23.8 Å². The van der Waals surface area contributed by atoms with Crippen molar-refractivity contribution >= 4 is 113 Å². The van der Waals surface area contributed by atoms with E-state index in [1.54, 1.807) is 36.4 Å². The summed E-state index contributed by atoms with van der Waals surface area (Å²) in [5, 5.41) is 24.5. The molecule has 0 saturated carbocycles. The normalized spacial score (nSPS) is 10.7. The smallest absolute Gasteiger partial charge is 0.394 e. The van der Waals surface area contributed by atoms with Crippen LogP contribution in [0, 0.1) is 7.14 Å². The Morgan fingerprint density at radius 1 is 0.459 bits per heavy atom. The zero-order valence-electron chi connectivity index (χ0n) is 42.3. The van der Waals surface area contributed by atoms with Gasteiger partial charge in [-0.15, -0.1) is 0 Å². The molecule has 74 heavy (non-hydrogen) atoms. The van der Waals surface area contributed by atoms with E-state index >= 15 is 0 Å². The Balaban J connectivity index is 0.000000320. The van der Waals surface area contributed by atoms with Gasteiger partial charge in [-0.05, 0) is 146 Å². The van der Waals surface area contributed by atoms with Crippen molar-refractivity contribution in [1.82, 2.24) is 20.4 Å². The Labute approximate surface area is 480 Å². The summed E-state index contributed by atoms with van der Waals surface area (Å²) < 4.78 is 3.39. The summed E-state index contributed by atoms with van der Waals surface area (Å²) in [5.41, 5.74) is 6.44. The molecule has 0 saturated heterocycles. The van der Waals surface area contributed by atoms with Crippen LogP contribution in [0.4, 0.5) is 0 Å². The number of aryl methyl sites for hydroxylation is 1. The van der Waals surface area contributed by atoms with Crippen molar-refractivity contribution < 1.29 is 39.0 Å². The van der Waals surface area contributed by atoms with Crippen LogP contribution in [0.1, 0.15) is 151 Å². The minimum Gasteiger partial charge on any atom is -0.474 e. The van der Waals surface area contributed by atoms with Gasteiger partial charge in [-0.25, -0.2) is 9.59 Å². The minimum atomic E-state index is -1.51. The maximum atomic E-state index is 12.7. The number of carboxylic acids is 2. The molecule has 0 aliphatic heterocycles. The molecule has 0 aliphatic carbocycles. The molecule has 0 aromatic heterocycles. The van der Waals surface area contributed by atoms with Crippen LogP contribution in [0.2, 0.25) is 0 Å². The molecular formula is C58H68Br2I2N4O8. The zero-order valence-corrected chi connectivity index (χ0v) is 49.8. The molecular weight excluding hydrogens is 1290 g/mol. The van der Waals surface area contributed by atoms with E-state index in [2.05, 4.69) is 114 Å². The third kappa shape index (κ3) is 22.7. The van der Waals surface area contributed by atoms with Crippen LogP contribution >= 0.6 is 77.0 Å². The molecule has 4 amide bonds. The predicted molar refractivity (Wildman–Crippen MR) is 315 cm³/mol. The van der Waals surface area contributed by atoms with E-state index in [0.29, 0.717) is 38.7 Å². The average molecular weight is 1360 g/mol. The number of amides is 4. The van der Waals surface area contributed by atoms with Gasteiger partial charge in [0.25, 0.3) is 11.8 Å². The second-order valence-electron chi connectivity index (χ2n) is 18.2. The summed E-state index contributed by atoms with van der Waals surface area (Å²) >= 11 is 11.4. The standard InChI is InChI=1S/C29H30BrIN2O4.C29H38BrIN2O4/c1-2-3-4-5-20-6-8-21(9-7-20)17-32-27(34)23-12-13-24(26(30)16-23)19-33(28(35)29(36)37)18-22-10-14-25(31)15-11-22;1-2-3-4-5-6-7-8-9-10-11-18-32-27(34)23-14-15-24(26(30)19-23)21-33(28(35)29(36)37)20-22-12-16-25(31)17-13-22/h6-16H,2-5,17-19H2,1H3,(H,32,34)(H,36,37);12-17,19H,2-11,18,20-21H2,1H3,(H,32,34)(H,36,37). The maximum Gasteiger partial charge on any atom is 0.394 e. The summed E-state index contributed by atoms with van der Waals surface area (Å²) in [7, 11) is 0. The first-order valence-corrected chi connectivity index (χ1v) is 29.1. The number of hydrogen-bond acceptors (Lipinski definition) is 6. The van der Waals surface area contributed by atoms with Crippen molar-refractivity contribution in [1.29, 1.82) is 0 Å². The number of unbranched alkanes of at least 4 members (excludes halogenated alkanes) is 11. The van der Waals surface area contributed by atoms with Crippen LogP contribution in [0.5, 0.6) is 0 Å². The molecule has 0 heterocycles. The SMILES string of the molecule is CCCCCCCCCCCCNC(=O)c1ccc(CN(Cc2ccc(I)cc2)C(=O)C(=O)O)c(Br)c1.CCCCCc1ccc(CNC(=O)c2ccc(CN(Cc3ccc(I)cc3)C(=O)C(=O)O)c(Br)c2)cc1. The van der Waals surface area contributed by atoms with Gasteiger partial charge in [-0.1, -0.05) is 177 Å². The fraction of sp³-hybridized carbons (Fsp3) is 0.379. The number of halogens is 4. The highest BCUT2D eigenvalue weighted by atomic mass is 127. The summed E-state index contributed by atoms with van der Waals surface area (Å²) in [6.45, 7) is 6.03. The van der Waals surface area contributed by atoms with E-state index in [1.807, 2.05) is 60.7 Å². The maximum absolute atomic E-state index is 12.7. The lowest BCUT2D eigenvalue weighted by atomic mass is 10.1. The van der Waals surface area contributed by atoms with Gasteiger partial charge in [0, 0.05) is 66.5 Å². The van der Waals surface area contributed by atoms with Crippen LogP contribution in [0.3, 0.4) is 0 Å². The van der Waals surface area contributed by atoms with Crippen molar-refractivity contribution in [2.45, 2.75) is 136 Å². The number of carboxylic acid groups (broad SMARTS) is 2. The fourth-order valence-corrected chi connectivity index (χ4v) is 9.67. The zero-order chi connectivity index (χ0) is 53.8. The number of carbonyl (C=O) groups excluding carboxylic acids is 4. The van der Waals surface area contributed by atoms with Gasteiger partial charge in [0.05, 0.1) is 0 Å². The number of nitrogens with zero attached hydrogens (tertiary/aromatic N) is 2. The number of hydrogen-bond donors (Lipinski definition) is 4. The van der Waals surface area contributed by atoms with Gasteiger partial charge in [0.2, 0.25) is 0 Å². The molecule has 0 atom stereocenters. The molecule has 396 valence electrons. The van der Waals surface area contributed by atoms with Crippen LogP contribution in [-0.2, 0) is 58.3 Å². The molecule has 5 aromatic rings. The Hall–Kier alpha value is -4.66. The highest BCUT2D eigenvalue weighted by Gasteiger charge is 2.24. The molecule has 0 spiro atoms. The van der Waals surface area contributed by atoms with E-state index in [9.17, 15) is 39.0 Å². The van der Waals surface area contributed by atoms with E-state index in [-0.39, 0.29) is 38.0 Å². The fourth-order valence-electron chi connectivity index (χ4n) is 7.94. The van der Waals surface area contributed by atoms with E-state index in [0.717, 1.165) is 48.7 Å². The quantitative estimate of drug-likeness (QED) is 0.0228. The second kappa shape index (κ2) is 34.1. The molecule has 5 aromatic carbocycles. The molecule has 0 unspecified atom stereocenters.